The first-order chi connectivity index (χ1) is 11.1. The van der Waals surface area contributed by atoms with Gasteiger partial charge in [0, 0.05) is 36.0 Å². The van der Waals surface area contributed by atoms with Crippen molar-refractivity contribution in [1.29, 1.82) is 0 Å². The van der Waals surface area contributed by atoms with E-state index in [1.807, 2.05) is 0 Å². The number of hydrogen-bond acceptors (Lipinski definition) is 4. The molecule has 23 heavy (non-hydrogen) atoms. The summed E-state index contributed by atoms with van der Waals surface area (Å²) in [6.07, 6.45) is 0. The van der Waals surface area contributed by atoms with Gasteiger partial charge in [-0.25, -0.2) is 4.68 Å². The lowest BCUT2D eigenvalue weighted by molar-refractivity contribution is 0.0964. The summed E-state index contributed by atoms with van der Waals surface area (Å²) in [6, 6.07) is 10.5. The van der Waals surface area contributed by atoms with Crippen LogP contribution in [0.5, 0.6) is 0 Å². The summed E-state index contributed by atoms with van der Waals surface area (Å²) in [4.78, 5) is 24.2. The molecule has 0 atom stereocenters. The number of nitrogens with one attached hydrogen (secondary N) is 2. The highest BCUT2D eigenvalue weighted by Crippen LogP contribution is 2.25. The summed E-state index contributed by atoms with van der Waals surface area (Å²) in [6.45, 7) is 0.426. The summed E-state index contributed by atoms with van der Waals surface area (Å²) in [7, 11) is 1.78. The third kappa shape index (κ3) is 2.13. The molecule has 0 fully saturated rings. The van der Waals surface area contributed by atoms with E-state index >= 15 is 0 Å². The van der Waals surface area contributed by atoms with Gasteiger partial charge >= 0.3 is 0 Å². The van der Waals surface area contributed by atoms with Gasteiger partial charge in [-0.3, -0.25) is 9.59 Å². The number of hydrogen-bond donors (Lipinski definition) is 2. The van der Waals surface area contributed by atoms with Crippen LogP contribution in [-0.4, -0.2) is 26.8 Å². The molecular formula is C16H13N5O2. The Morgan fingerprint density at radius 2 is 2.17 bits per heavy atom. The Balaban J connectivity index is 1.67. The summed E-state index contributed by atoms with van der Waals surface area (Å²) in [5.41, 5.74) is 4.10. The summed E-state index contributed by atoms with van der Waals surface area (Å²) in [5.74, 6) is -0.348. The Morgan fingerprint density at radius 3 is 3.04 bits per heavy atom. The van der Waals surface area contributed by atoms with Crippen LogP contribution in [0.3, 0.4) is 0 Å². The second-order valence-corrected chi connectivity index (χ2v) is 5.39. The molecule has 0 saturated carbocycles. The molecule has 3 aromatic rings. The minimum absolute atomic E-state index is 0.113. The molecule has 0 unspecified atom stereocenters. The lowest BCUT2D eigenvalue weighted by atomic mass is 10.1. The zero-order chi connectivity index (χ0) is 16.0. The molecule has 0 aliphatic carbocycles. The second kappa shape index (κ2) is 4.91. The van der Waals surface area contributed by atoms with E-state index in [4.69, 9.17) is 0 Å². The van der Waals surface area contributed by atoms with Gasteiger partial charge in [-0.2, -0.15) is 0 Å². The Hall–Kier alpha value is -3.22. The molecule has 1 aliphatic heterocycles. The van der Waals surface area contributed by atoms with Crippen LogP contribution in [0.2, 0.25) is 0 Å². The molecule has 7 heteroatoms. The molecule has 0 bridgehead atoms. The number of carbonyl (C=O) groups is 2. The highest BCUT2D eigenvalue weighted by molar-refractivity contribution is 6.08. The van der Waals surface area contributed by atoms with Crippen LogP contribution in [-0.2, 0) is 13.6 Å². The van der Waals surface area contributed by atoms with E-state index in [0.29, 0.717) is 23.4 Å². The lowest BCUT2D eigenvalue weighted by Crippen LogP contribution is -2.14. The van der Waals surface area contributed by atoms with Gasteiger partial charge in [0.05, 0.1) is 5.52 Å². The Labute approximate surface area is 131 Å². The minimum atomic E-state index is -0.235. The first-order valence-corrected chi connectivity index (χ1v) is 7.14. The molecule has 1 aromatic heterocycles. The maximum atomic E-state index is 12.5. The number of rotatable bonds is 2. The Kier molecular flexibility index (Phi) is 2.87. The number of benzene rings is 2. The first-order valence-electron chi connectivity index (χ1n) is 7.14. The lowest BCUT2D eigenvalue weighted by Gasteiger charge is -2.09. The molecule has 1 aliphatic rings. The first kappa shape index (κ1) is 13.4. The molecule has 0 radical (unpaired) electrons. The molecule has 7 nitrogen and oxygen atoms in total. The van der Waals surface area contributed by atoms with E-state index in [0.717, 1.165) is 16.6 Å². The SMILES string of the molecule is Cn1nnc2ccc(C(=O)Nc3cccc4c3CNC4=O)cc21. The topological polar surface area (TPSA) is 88.9 Å². The van der Waals surface area contributed by atoms with E-state index in [-0.39, 0.29) is 11.8 Å². The van der Waals surface area contributed by atoms with Crippen LogP contribution >= 0.6 is 0 Å². The average molecular weight is 307 g/mol. The third-order valence-electron chi connectivity index (χ3n) is 3.97. The fourth-order valence-electron chi connectivity index (χ4n) is 2.74. The van der Waals surface area contributed by atoms with Gasteiger partial charge in [0.1, 0.15) is 5.52 Å². The van der Waals surface area contributed by atoms with Crippen LogP contribution in [0.25, 0.3) is 11.0 Å². The van der Waals surface area contributed by atoms with Crippen molar-refractivity contribution in [3.63, 3.8) is 0 Å². The van der Waals surface area contributed by atoms with Crippen LogP contribution in [0, 0.1) is 0 Å². The summed E-state index contributed by atoms with van der Waals surface area (Å²) in [5, 5.41) is 13.5. The Bertz CT molecular complexity index is 960. The number of aryl methyl sites for hydroxylation is 1. The maximum Gasteiger partial charge on any atom is 0.255 e. The van der Waals surface area contributed by atoms with Crippen LogP contribution in [0.15, 0.2) is 36.4 Å². The second-order valence-electron chi connectivity index (χ2n) is 5.39. The fraction of sp³-hybridized carbons (Fsp3) is 0.125. The number of aromatic nitrogens is 3. The summed E-state index contributed by atoms with van der Waals surface area (Å²) >= 11 is 0. The highest BCUT2D eigenvalue weighted by atomic mass is 16.2. The van der Waals surface area contributed by atoms with Crippen LogP contribution in [0.1, 0.15) is 26.3 Å². The van der Waals surface area contributed by atoms with Gasteiger partial charge < -0.3 is 10.6 Å². The van der Waals surface area contributed by atoms with E-state index in [1.165, 1.54) is 0 Å². The fourth-order valence-corrected chi connectivity index (χ4v) is 2.74. The molecule has 114 valence electrons. The number of nitrogens with zero attached hydrogens (tertiary/aromatic N) is 3. The van der Waals surface area contributed by atoms with Gasteiger partial charge in [0.25, 0.3) is 11.8 Å². The van der Waals surface area contributed by atoms with Crippen molar-refractivity contribution in [1.82, 2.24) is 20.3 Å². The van der Waals surface area contributed by atoms with Crippen LogP contribution < -0.4 is 10.6 Å². The molecule has 2 amide bonds. The number of anilines is 1. The maximum absolute atomic E-state index is 12.5. The van der Waals surface area contributed by atoms with Gasteiger partial charge in [0.15, 0.2) is 0 Å². The zero-order valence-corrected chi connectivity index (χ0v) is 12.3. The van der Waals surface area contributed by atoms with Crippen LogP contribution in [0.4, 0.5) is 5.69 Å². The van der Waals surface area contributed by atoms with Crippen molar-refractivity contribution in [3.8, 4) is 0 Å². The highest BCUT2D eigenvalue weighted by Gasteiger charge is 2.22. The van der Waals surface area contributed by atoms with E-state index < -0.39 is 0 Å². The van der Waals surface area contributed by atoms with E-state index in [2.05, 4.69) is 20.9 Å². The van der Waals surface area contributed by atoms with E-state index in [9.17, 15) is 9.59 Å². The third-order valence-corrected chi connectivity index (χ3v) is 3.97. The predicted octanol–water partition coefficient (Wildman–Crippen LogP) is 1.46. The average Bonchev–Trinajstić information content (AvgIpc) is 3.12. The van der Waals surface area contributed by atoms with Crippen molar-refractivity contribution in [2.75, 3.05) is 5.32 Å². The predicted molar refractivity (Wildman–Crippen MR) is 84.1 cm³/mol. The van der Waals surface area contributed by atoms with Crippen molar-refractivity contribution in [2.45, 2.75) is 6.54 Å². The molecular weight excluding hydrogens is 294 g/mol. The molecule has 2 heterocycles. The van der Waals surface area contributed by atoms with Crippen molar-refractivity contribution in [2.24, 2.45) is 7.05 Å². The molecule has 0 spiro atoms. The van der Waals surface area contributed by atoms with Gasteiger partial charge in [-0.1, -0.05) is 11.3 Å². The normalized spacial score (nSPS) is 13.0. The molecule has 0 saturated heterocycles. The molecule has 2 N–H and O–H groups in total. The molecule has 2 aromatic carbocycles. The zero-order valence-electron chi connectivity index (χ0n) is 12.3. The Morgan fingerprint density at radius 1 is 1.30 bits per heavy atom. The number of amides is 2. The number of carbonyl (C=O) groups excluding carboxylic acids is 2. The van der Waals surface area contributed by atoms with Crippen molar-refractivity contribution in [3.05, 3.63) is 53.1 Å². The van der Waals surface area contributed by atoms with Crippen molar-refractivity contribution < 1.29 is 9.59 Å². The number of fused-ring (bicyclic) bond motifs is 2. The standard InChI is InChI=1S/C16H13N5O2/c1-21-14-7-9(5-6-13(14)19-20-21)15(22)18-12-4-2-3-10-11(12)8-17-16(10)23/h2-7H,8H2,1H3,(H,17,23)(H,18,22). The molecule has 4 rings (SSSR count). The van der Waals surface area contributed by atoms with Gasteiger partial charge in [-0.05, 0) is 30.3 Å². The smallest absolute Gasteiger partial charge is 0.255 e. The van der Waals surface area contributed by atoms with Gasteiger partial charge in [0.2, 0.25) is 0 Å². The quantitative estimate of drug-likeness (QED) is 0.750. The minimum Gasteiger partial charge on any atom is -0.348 e. The largest absolute Gasteiger partial charge is 0.348 e. The summed E-state index contributed by atoms with van der Waals surface area (Å²) < 4.78 is 1.62. The van der Waals surface area contributed by atoms with E-state index in [1.54, 1.807) is 48.1 Å². The van der Waals surface area contributed by atoms with Gasteiger partial charge in [-0.15, -0.1) is 5.10 Å². The monoisotopic (exact) mass is 307 g/mol. The van der Waals surface area contributed by atoms with Crippen molar-refractivity contribution >= 4 is 28.5 Å².